The van der Waals surface area contributed by atoms with Crippen LogP contribution in [-0.2, 0) is 6.42 Å². The highest BCUT2D eigenvalue weighted by Crippen LogP contribution is 2.34. The summed E-state index contributed by atoms with van der Waals surface area (Å²) in [4.78, 5) is 18.6. The highest BCUT2D eigenvalue weighted by molar-refractivity contribution is 8.00. The molecule has 0 saturated heterocycles. The van der Waals surface area contributed by atoms with Crippen LogP contribution in [0.5, 0.6) is 0 Å². The first kappa shape index (κ1) is 15.7. The molecule has 0 spiro atoms. The molecule has 2 heterocycles. The summed E-state index contributed by atoms with van der Waals surface area (Å²) in [6.45, 7) is 4.34. The van der Waals surface area contributed by atoms with E-state index in [1.807, 2.05) is 30.3 Å². The minimum Gasteiger partial charge on any atom is -0.268 e. The van der Waals surface area contributed by atoms with Gasteiger partial charge in [0.15, 0.2) is 5.16 Å². The van der Waals surface area contributed by atoms with Crippen molar-refractivity contribution in [2.24, 2.45) is 0 Å². The van der Waals surface area contributed by atoms with Crippen LogP contribution in [0.15, 0.2) is 45.2 Å². The molecule has 22 heavy (non-hydrogen) atoms. The average molecular weight is 332 g/mol. The van der Waals surface area contributed by atoms with Gasteiger partial charge in [-0.15, -0.1) is 11.8 Å². The van der Waals surface area contributed by atoms with Gasteiger partial charge in [-0.05, 0) is 18.6 Å². The first-order valence-electron chi connectivity index (χ1n) is 7.71. The minimum atomic E-state index is 0.0875. The summed E-state index contributed by atoms with van der Waals surface area (Å²) in [5, 5.41) is 1.27. The van der Waals surface area contributed by atoms with E-state index in [0.717, 1.165) is 46.4 Å². The molecule has 1 aliphatic heterocycles. The largest absolute Gasteiger partial charge is 0.272 e. The highest BCUT2D eigenvalue weighted by atomic mass is 32.2. The Morgan fingerprint density at radius 2 is 2.14 bits per heavy atom. The number of hydrogen-bond donors (Lipinski definition) is 0. The first-order chi connectivity index (χ1) is 10.7. The molecule has 1 atom stereocenters. The fraction of sp³-hybridized carbons (Fsp3) is 0.412. The molecule has 0 N–H and O–H groups in total. The van der Waals surface area contributed by atoms with Crippen LogP contribution >= 0.6 is 23.5 Å². The molecule has 0 radical (unpaired) electrons. The Balaban J connectivity index is 2.09. The maximum absolute atomic E-state index is 12.9. The van der Waals surface area contributed by atoms with E-state index in [4.69, 9.17) is 4.98 Å². The van der Waals surface area contributed by atoms with Gasteiger partial charge < -0.3 is 0 Å². The predicted octanol–water partition coefficient (Wildman–Crippen LogP) is 4.16. The Morgan fingerprint density at radius 3 is 2.86 bits per heavy atom. The van der Waals surface area contributed by atoms with Crippen molar-refractivity contribution in [1.82, 2.24) is 9.55 Å². The smallest absolute Gasteiger partial charge is 0.268 e. The Morgan fingerprint density at radius 1 is 1.36 bits per heavy atom. The van der Waals surface area contributed by atoms with Gasteiger partial charge in [0.1, 0.15) is 0 Å². The number of fused-ring (bicyclic) bond motifs is 1. The van der Waals surface area contributed by atoms with E-state index in [1.165, 1.54) is 0 Å². The SMILES string of the molecule is CCCCSc1nc2c(c(=O)n1-c1ccccc1)SC(C)C2. The second-order valence-corrected chi connectivity index (χ2v) is 7.99. The summed E-state index contributed by atoms with van der Waals surface area (Å²) in [7, 11) is 0. The Kier molecular flexibility index (Phi) is 4.93. The van der Waals surface area contributed by atoms with Gasteiger partial charge in [0.25, 0.3) is 5.56 Å². The van der Waals surface area contributed by atoms with Crippen molar-refractivity contribution in [3.8, 4) is 5.69 Å². The van der Waals surface area contributed by atoms with E-state index >= 15 is 0 Å². The zero-order chi connectivity index (χ0) is 15.5. The molecule has 3 rings (SSSR count). The topological polar surface area (TPSA) is 34.9 Å². The maximum atomic E-state index is 12.9. The maximum Gasteiger partial charge on any atom is 0.272 e. The van der Waals surface area contributed by atoms with Crippen molar-refractivity contribution in [1.29, 1.82) is 0 Å². The lowest BCUT2D eigenvalue weighted by atomic mass is 10.2. The molecular weight excluding hydrogens is 312 g/mol. The van der Waals surface area contributed by atoms with Crippen LogP contribution in [0.1, 0.15) is 32.4 Å². The summed E-state index contributed by atoms with van der Waals surface area (Å²) < 4.78 is 1.78. The van der Waals surface area contributed by atoms with E-state index in [0.29, 0.717) is 5.25 Å². The van der Waals surface area contributed by atoms with E-state index < -0.39 is 0 Å². The molecule has 0 aliphatic carbocycles. The number of thioether (sulfide) groups is 2. The summed E-state index contributed by atoms with van der Waals surface area (Å²) in [6, 6.07) is 9.84. The molecule has 1 unspecified atom stereocenters. The second kappa shape index (κ2) is 6.92. The minimum absolute atomic E-state index is 0.0875. The molecule has 0 saturated carbocycles. The van der Waals surface area contributed by atoms with Crippen molar-refractivity contribution in [3.05, 3.63) is 46.4 Å². The number of para-hydroxylation sites is 1. The van der Waals surface area contributed by atoms with Crippen LogP contribution in [0.25, 0.3) is 5.69 Å². The molecule has 0 amide bonds. The van der Waals surface area contributed by atoms with Crippen molar-refractivity contribution in [2.45, 2.75) is 48.4 Å². The zero-order valence-electron chi connectivity index (χ0n) is 12.9. The predicted molar refractivity (Wildman–Crippen MR) is 94.5 cm³/mol. The molecule has 2 aromatic rings. The monoisotopic (exact) mass is 332 g/mol. The van der Waals surface area contributed by atoms with Gasteiger partial charge in [-0.25, -0.2) is 4.98 Å². The molecule has 116 valence electrons. The number of unbranched alkanes of at least 4 members (excludes halogenated alkanes) is 1. The van der Waals surface area contributed by atoms with Gasteiger partial charge in [0, 0.05) is 17.4 Å². The van der Waals surface area contributed by atoms with Crippen molar-refractivity contribution >= 4 is 23.5 Å². The zero-order valence-corrected chi connectivity index (χ0v) is 14.5. The lowest BCUT2D eigenvalue weighted by Crippen LogP contribution is -2.23. The number of benzene rings is 1. The first-order valence-corrected chi connectivity index (χ1v) is 9.58. The van der Waals surface area contributed by atoms with Crippen LogP contribution in [0.3, 0.4) is 0 Å². The van der Waals surface area contributed by atoms with Crippen molar-refractivity contribution in [3.63, 3.8) is 0 Å². The van der Waals surface area contributed by atoms with Gasteiger partial charge in [-0.2, -0.15) is 0 Å². The summed E-state index contributed by atoms with van der Waals surface area (Å²) >= 11 is 3.35. The van der Waals surface area contributed by atoms with Crippen molar-refractivity contribution < 1.29 is 0 Å². The molecule has 1 aromatic heterocycles. The molecule has 0 bridgehead atoms. The van der Waals surface area contributed by atoms with Crippen LogP contribution < -0.4 is 5.56 Å². The standard InChI is InChI=1S/C17H20N2OS2/c1-3-4-10-21-17-18-14-11-12(2)22-15(14)16(20)19(17)13-8-6-5-7-9-13/h5-9,12H,3-4,10-11H2,1-2H3. The Bertz CT molecular complexity index is 713. The third-order valence-electron chi connectivity index (χ3n) is 3.62. The Labute approximate surface area is 139 Å². The molecule has 3 nitrogen and oxygen atoms in total. The van der Waals surface area contributed by atoms with Crippen LogP contribution in [0.4, 0.5) is 0 Å². The van der Waals surface area contributed by atoms with E-state index in [-0.39, 0.29) is 5.56 Å². The Hall–Kier alpha value is -1.20. The molecular formula is C17H20N2OS2. The lowest BCUT2D eigenvalue weighted by molar-refractivity contribution is 0.729. The lowest BCUT2D eigenvalue weighted by Gasteiger charge is -2.13. The summed E-state index contributed by atoms with van der Waals surface area (Å²) in [5.41, 5.74) is 1.97. The number of hydrogen-bond acceptors (Lipinski definition) is 4. The number of rotatable bonds is 5. The molecule has 5 heteroatoms. The van der Waals surface area contributed by atoms with E-state index in [9.17, 15) is 4.79 Å². The van der Waals surface area contributed by atoms with Crippen molar-refractivity contribution in [2.75, 3.05) is 5.75 Å². The van der Waals surface area contributed by atoms with Gasteiger partial charge in [0.05, 0.1) is 16.3 Å². The van der Waals surface area contributed by atoms with Crippen LogP contribution in [-0.4, -0.2) is 20.6 Å². The van der Waals surface area contributed by atoms with Gasteiger partial charge in [0.2, 0.25) is 0 Å². The van der Waals surface area contributed by atoms with E-state index in [1.54, 1.807) is 28.1 Å². The van der Waals surface area contributed by atoms with Gasteiger partial charge >= 0.3 is 0 Å². The fourth-order valence-electron chi connectivity index (χ4n) is 2.51. The summed E-state index contributed by atoms with van der Waals surface area (Å²) in [5.74, 6) is 0.997. The highest BCUT2D eigenvalue weighted by Gasteiger charge is 2.26. The third kappa shape index (κ3) is 3.10. The molecule has 1 aliphatic rings. The number of nitrogens with zero attached hydrogens (tertiary/aromatic N) is 2. The van der Waals surface area contributed by atoms with E-state index in [2.05, 4.69) is 13.8 Å². The normalized spacial score (nSPS) is 16.7. The average Bonchev–Trinajstić information content (AvgIpc) is 2.89. The van der Waals surface area contributed by atoms with Crippen LogP contribution in [0.2, 0.25) is 0 Å². The fourth-order valence-corrected chi connectivity index (χ4v) is 4.72. The quantitative estimate of drug-likeness (QED) is 0.468. The second-order valence-electron chi connectivity index (χ2n) is 5.48. The van der Waals surface area contributed by atoms with Gasteiger partial charge in [-0.1, -0.05) is 50.2 Å². The summed E-state index contributed by atoms with van der Waals surface area (Å²) in [6.07, 6.45) is 3.18. The van der Waals surface area contributed by atoms with Gasteiger partial charge in [-0.3, -0.25) is 9.36 Å². The number of aromatic nitrogens is 2. The molecule has 0 fully saturated rings. The molecule has 1 aromatic carbocycles. The third-order valence-corrected chi connectivity index (χ3v) is 5.86. The van der Waals surface area contributed by atoms with Crippen LogP contribution in [0, 0.1) is 0 Å².